The average Bonchev–Trinajstić information content (AvgIpc) is 2.71. The first-order valence-electron chi connectivity index (χ1n) is 10.4. The number of nitrogens with zero attached hydrogens (tertiary/aromatic N) is 4. The third-order valence-electron chi connectivity index (χ3n) is 4.93. The SMILES string of the molecule is Cc1cc(C)nc(N/C(=N/C(=S)Nc2cccc(OC(F)(F)F)c2)N2CCC(C(N)=O)CC2)n1. The zero-order valence-corrected chi connectivity index (χ0v) is 19.3. The van der Waals surface area contributed by atoms with Gasteiger partial charge in [-0.05, 0) is 57.1 Å². The van der Waals surface area contributed by atoms with Gasteiger partial charge in [0.2, 0.25) is 22.9 Å². The number of alkyl halides is 3. The fourth-order valence-corrected chi connectivity index (χ4v) is 3.66. The fourth-order valence-electron chi connectivity index (χ4n) is 3.45. The highest BCUT2D eigenvalue weighted by atomic mass is 32.1. The number of primary amides is 1. The van der Waals surface area contributed by atoms with Crippen molar-refractivity contribution < 1.29 is 22.7 Å². The van der Waals surface area contributed by atoms with E-state index in [4.69, 9.17) is 18.0 Å². The van der Waals surface area contributed by atoms with E-state index in [1.165, 1.54) is 18.2 Å². The maximum atomic E-state index is 12.5. The number of thiocarbonyl (C=S) groups is 1. The number of likely N-dealkylation sites (tertiary alicyclic amines) is 1. The van der Waals surface area contributed by atoms with Crippen molar-refractivity contribution in [1.82, 2.24) is 14.9 Å². The molecule has 0 spiro atoms. The Morgan fingerprint density at radius 1 is 1.18 bits per heavy atom. The monoisotopic (exact) mass is 495 g/mol. The van der Waals surface area contributed by atoms with E-state index in [9.17, 15) is 18.0 Å². The number of carbonyl (C=O) groups excluding carboxylic acids is 1. The molecule has 2 aromatic rings. The van der Waals surface area contributed by atoms with Crippen molar-refractivity contribution in [2.75, 3.05) is 23.7 Å². The maximum Gasteiger partial charge on any atom is 0.573 e. The van der Waals surface area contributed by atoms with Crippen LogP contribution in [0.15, 0.2) is 35.3 Å². The molecule has 1 aromatic heterocycles. The van der Waals surface area contributed by atoms with Crippen LogP contribution in [-0.4, -0.2) is 51.3 Å². The van der Waals surface area contributed by atoms with Gasteiger partial charge in [-0.15, -0.1) is 13.2 Å². The minimum Gasteiger partial charge on any atom is -0.406 e. The Kier molecular flexibility index (Phi) is 7.87. The highest BCUT2D eigenvalue weighted by molar-refractivity contribution is 7.80. The van der Waals surface area contributed by atoms with Crippen molar-refractivity contribution in [2.24, 2.45) is 16.6 Å². The van der Waals surface area contributed by atoms with Gasteiger partial charge in [-0.3, -0.25) is 10.1 Å². The first-order valence-corrected chi connectivity index (χ1v) is 10.8. The Morgan fingerprint density at radius 3 is 2.41 bits per heavy atom. The predicted molar refractivity (Wildman–Crippen MR) is 125 cm³/mol. The summed E-state index contributed by atoms with van der Waals surface area (Å²) in [6, 6.07) is 7.09. The smallest absolute Gasteiger partial charge is 0.406 e. The second kappa shape index (κ2) is 10.6. The molecule has 1 fully saturated rings. The summed E-state index contributed by atoms with van der Waals surface area (Å²) in [6.07, 6.45) is -3.72. The number of guanidine groups is 1. The van der Waals surface area contributed by atoms with Crippen LogP contribution in [0.25, 0.3) is 0 Å². The number of nitrogens with one attached hydrogen (secondary N) is 2. The molecule has 1 saturated heterocycles. The molecular formula is C21H24F3N7O2S. The Labute approximate surface area is 199 Å². The Balaban J connectivity index is 1.80. The number of amides is 1. The molecule has 0 radical (unpaired) electrons. The van der Waals surface area contributed by atoms with Crippen LogP contribution in [0.1, 0.15) is 24.2 Å². The molecule has 4 N–H and O–H groups in total. The molecular weight excluding hydrogens is 471 g/mol. The lowest BCUT2D eigenvalue weighted by Gasteiger charge is -2.32. The topological polar surface area (TPSA) is 118 Å². The number of aromatic nitrogens is 2. The second-order valence-electron chi connectivity index (χ2n) is 7.70. The molecule has 182 valence electrons. The second-order valence-corrected chi connectivity index (χ2v) is 8.09. The molecule has 9 nitrogen and oxygen atoms in total. The first kappa shape index (κ1) is 25.1. The van der Waals surface area contributed by atoms with Crippen molar-refractivity contribution >= 4 is 40.8 Å². The van der Waals surface area contributed by atoms with Crippen LogP contribution in [0.4, 0.5) is 24.8 Å². The molecule has 0 atom stereocenters. The number of rotatable bonds is 4. The van der Waals surface area contributed by atoms with Crippen LogP contribution in [0, 0.1) is 19.8 Å². The van der Waals surface area contributed by atoms with E-state index in [-0.39, 0.29) is 28.4 Å². The van der Waals surface area contributed by atoms with Gasteiger partial charge < -0.3 is 20.7 Å². The summed E-state index contributed by atoms with van der Waals surface area (Å²) in [4.78, 5) is 26.5. The number of ether oxygens (including phenoxy) is 1. The van der Waals surface area contributed by atoms with Crippen LogP contribution in [0.5, 0.6) is 5.75 Å². The van der Waals surface area contributed by atoms with E-state index in [1.54, 1.807) is 0 Å². The lowest BCUT2D eigenvalue weighted by Crippen LogP contribution is -2.45. The maximum absolute atomic E-state index is 12.5. The largest absolute Gasteiger partial charge is 0.573 e. The van der Waals surface area contributed by atoms with Gasteiger partial charge in [0.1, 0.15) is 5.75 Å². The third-order valence-corrected chi connectivity index (χ3v) is 5.12. The van der Waals surface area contributed by atoms with E-state index < -0.39 is 6.36 Å². The summed E-state index contributed by atoms with van der Waals surface area (Å²) in [5, 5.41) is 5.85. The Morgan fingerprint density at radius 2 is 1.82 bits per heavy atom. The molecule has 0 saturated carbocycles. The number of aliphatic imine (C=N–C) groups is 1. The van der Waals surface area contributed by atoms with Gasteiger partial charge in [0.05, 0.1) is 0 Å². The van der Waals surface area contributed by atoms with Crippen LogP contribution in [-0.2, 0) is 4.79 Å². The predicted octanol–water partition coefficient (Wildman–Crippen LogP) is 3.35. The molecule has 0 unspecified atom stereocenters. The molecule has 3 rings (SSSR count). The van der Waals surface area contributed by atoms with Gasteiger partial charge in [-0.25, -0.2) is 9.97 Å². The zero-order valence-electron chi connectivity index (χ0n) is 18.5. The number of benzene rings is 1. The van der Waals surface area contributed by atoms with Crippen molar-refractivity contribution in [2.45, 2.75) is 33.1 Å². The van der Waals surface area contributed by atoms with Crippen molar-refractivity contribution in [1.29, 1.82) is 0 Å². The van der Waals surface area contributed by atoms with E-state index in [0.717, 1.165) is 17.5 Å². The van der Waals surface area contributed by atoms with Gasteiger partial charge in [0, 0.05) is 42.1 Å². The van der Waals surface area contributed by atoms with Crippen molar-refractivity contribution in [3.8, 4) is 5.75 Å². The summed E-state index contributed by atoms with van der Waals surface area (Å²) in [7, 11) is 0. The van der Waals surface area contributed by atoms with E-state index in [0.29, 0.717) is 37.8 Å². The van der Waals surface area contributed by atoms with Crippen LogP contribution >= 0.6 is 12.2 Å². The molecule has 1 aliphatic heterocycles. The Hall–Kier alpha value is -3.48. The molecule has 2 heterocycles. The number of carbonyl (C=O) groups is 1. The van der Waals surface area contributed by atoms with Gasteiger partial charge in [-0.1, -0.05) is 6.07 Å². The van der Waals surface area contributed by atoms with Crippen LogP contribution in [0.3, 0.4) is 0 Å². The van der Waals surface area contributed by atoms with Gasteiger partial charge in [0.15, 0.2) is 0 Å². The van der Waals surface area contributed by atoms with Gasteiger partial charge >= 0.3 is 6.36 Å². The molecule has 13 heteroatoms. The highest BCUT2D eigenvalue weighted by Crippen LogP contribution is 2.25. The van der Waals surface area contributed by atoms with Gasteiger partial charge in [0.25, 0.3) is 0 Å². The summed E-state index contributed by atoms with van der Waals surface area (Å²) < 4.78 is 41.5. The number of halogens is 3. The van der Waals surface area contributed by atoms with Gasteiger partial charge in [-0.2, -0.15) is 4.99 Å². The number of aryl methyl sites for hydroxylation is 2. The lowest BCUT2D eigenvalue weighted by molar-refractivity contribution is -0.274. The number of hydrogen-bond donors (Lipinski definition) is 3. The molecule has 1 amide bonds. The molecule has 1 aromatic carbocycles. The number of anilines is 2. The number of nitrogens with two attached hydrogens (primary N) is 1. The van der Waals surface area contributed by atoms with E-state index >= 15 is 0 Å². The van der Waals surface area contributed by atoms with E-state index in [1.807, 2.05) is 24.8 Å². The molecule has 1 aliphatic rings. The Bertz CT molecular complexity index is 1070. The summed E-state index contributed by atoms with van der Waals surface area (Å²) in [6.45, 7) is 4.64. The standard InChI is InChI=1S/C21H24F3N7O2S/c1-12-10-13(2)27-18(26-12)29-19(31-8-6-14(7-9-31)17(25)32)30-20(34)28-15-4-3-5-16(11-15)33-21(22,23)24/h3-5,10-11,14H,6-9H2,1-2H3,(H2,25,32)(H2,26,27,28,29,30,34). The first-order chi connectivity index (χ1) is 16.0. The molecule has 34 heavy (non-hydrogen) atoms. The minimum atomic E-state index is -4.81. The summed E-state index contributed by atoms with van der Waals surface area (Å²) in [5.41, 5.74) is 7.20. The highest BCUT2D eigenvalue weighted by Gasteiger charge is 2.31. The lowest BCUT2D eigenvalue weighted by atomic mass is 9.96. The third kappa shape index (κ3) is 7.54. The fraction of sp³-hybridized carbons (Fsp3) is 0.381. The van der Waals surface area contributed by atoms with E-state index in [2.05, 4.69) is 30.3 Å². The van der Waals surface area contributed by atoms with Crippen molar-refractivity contribution in [3.05, 3.63) is 41.7 Å². The van der Waals surface area contributed by atoms with Crippen LogP contribution < -0.4 is 21.1 Å². The normalized spacial score (nSPS) is 15.1. The summed E-state index contributed by atoms with van der Waals surface area (Å²) in [5.74, 6) is -0.303. The summed E-state index contributed by atoms with van der Waals surface area (Å²) >= 11 is 5.32. The zero-order chi connectivity index (χ0) is 24.9. The number of hydrogen-bond acceptors (Lipinski definition) is 5. The minimum absolute atomic E-state index is 0.00643. The number of piperidine rings is 1. The molecule has 0 aliphatic carbocycles. The quantitative estimate of drug-likeness (QED) is 0.336. The van der Waals surface area contributed by atoms with Crippen LogP contribution in [0.2, 0.25) is 0 Å². The molecule has 0 bridgehead atoms. The average molecular weight is 496 g/mol. The van der Waals surface area contributed by atoms with Crippen molar-refractivity contribution in [3.63, 3.8) is 0 Å².